The monoisotopic (exact) mass is 289 g/mol. The summed E-state index contributed by atoms with van der Waals surface area (Å²) in [6.45, 7) is 3.81. The lowest BCUT2D eigenvalue weighted by molar-refractivity contribution is -0.137. The number of rotatable bonds is 4. The molecule has 3 rings (SSSR count). The number of nitrogens with zero attached hydrogens (tertiary/aromatic N) is 1. The standard InChI is InChI=1S/C17H23NO3/c19-17(15-8-11-20-13-15)18-9-6-14(7-10-18)12-21-16-4-2-1-3-5-16/h1-5,14-15H,6-13H2. The summed E-state index contributed by atoms with van der Waals surface area (Å²) in [6, 6.07) is 9.93. The molecule has 2 heterocycles. The van der Waals surface area contributed by atoms with Crippen LogP contribution in [0.5, 0.6) is 5.75 Å². The summed E-state index contributed by atoms with van der Waals surface area (Å²) < 4.78 is 11.1. The van der Waals surface area contributed by atoms with E-state index in [2.05, 4.69) is 0 Å². The van der Waals surface area contributed by atoms with E-state index < -0.39 is 0 Å². The number of likely N-dealkylation sites (tertiary alicyclic amines) is 1. The minimum absolute atomic E-state index is 0.0992. The number of carbonyl (C=O) groups is 1. The molecule has 0 radical (unpaired) electrons. The van der Waals surface area contributed by atoms with Gasteiger partial charge in [0.1, 0.15) is 5.75 Å². The summed E-state index contributed by atoms with van der Waals surface area (Å²) in [7, 11) is 0. The molecule has 0 spiro atoms. The first kappa shape index (κ1) is 14.4. The second-order valence-corrected chi connectivity index (χ2v) is 5.95. The van der Waals surface area contributed by atoms with Gasteiger partial charge in [-0.2, -0.15) is 0 Å². The average molecular weight is 289 g/mol. The molecule has 1 aromatic rings. The molecule has 1 aromatic carbocycles. The SMILES string of the molecule is O=C(C1CCOC1)N1CCC(COc2ccccc2)CC1. The van der Waals surface area contributed by atoms with Gasteiger partial charge in [-0.3, -0.25) is 4.79 Å². The Bertz CT molecular complexity index is 448. The molecule has 0 aliphatic carbocycles. The fourth-order valence-corrected chi connectivity index (χ4v) is 3.04. The van der Waals surface area contributed by atoms with Crippen molar-refractivity contribution in [3.05, 3.63) is 30.3 Å². The van der Waals surface area contributed by atoms with E-state index in [9.17, 15) is 4.79 Å². The van der Waals surface area contributed by atoms with Crippen molar-refractivity contribution in [1.29, 1.82) is 0 Å². The van der Waals surface area contributed by atoms with E-state index in [1.165, 1.54) is 0 Å². The Kier molecular flexibility index (Phi) is 4.76. The van der Waals surface area contributed by atoms with Crippen molar-refractivity contribution in [2.75, 3.05) is 32.9 Å². The molecule has 0 saturated carbocycles. The lowest BCUT2D eigenvalue weighted by Gasteiger charge is -2.33. The predicted octanol–water partition coefficient (Wildman–Crippen LogP) is 2.34. The van der Waals surface area contributed by atoms with E-state index in [4.69, 9.17) is 9.47 Å². The molecule has 2 aliphatic rings. The van der Waals surface area contributed by atoms with Gasteiger partial charge in [-0.05, 0) is 37.3 Å². The highest BCUT2D eigenvalue weighted by Crippen LogP contribution is 2.23. The first-order valence-corrected chi connectivity index (χ1v) is 7.87. The van der Waals surface area contributed by atoms with Crippen LogP contribution in [0.1, 0.15) is 19.3 Å². The quantitative estimate of drug-likeness (QED) is 0.854. The van der Waals surface area contributed by atoms with Crippen molar-refractivity contribution in [2.24, 2.45) is 11.8 Å². The van der Waals surface area contributed by atoms with Gasteiger partial charge in [0.25, 0.3) is 0 Å². The normalized spacial score (nSPS) is 23.2. The van der Waals surface area contributed by atoms with Crippen molar-refractivity contribution < 1.29 is 14.3 Å². The molecule has 1 atom stereocenters. The number of ether oxygens (including phenoxy) is 2. The van der Waals surface area contributed by atoms with Gasteiger partial charge in [0, 0.05) is 19.7 Å². The van der Waals surface area contributed by atoms with E-state index in [-0.39, 0.29) is 11.8 Å². The van der Waals surface area contributed by atoms with Crippen LogP contribution in [0.4, 0.5) is 0 Å². The maximum absolute atomic E-state index is 12.3. The van der Waals surface area contributed by atoms with Gasteiger partial charge in [-0.1, -0.05) is 18.2 Å². The molecule has 1 amide bonds. The van der Waals surface area contributed by atoms with Gasteiger partial charge in [0.05, 0.1) is 19.1 Å². The van der Waals surface area contributed by atoms with Crippen LogP contribution >= 0.6 is 0 Å². The third-order valence-electron chi connectivity index (χ3n) is 4.43. The Morgan fingerprint density at radius 2 is 1.95 bits per heavy atom. The largest absolute Gasteiger partial charge is 0.493 e. The molecule has 21 heavy (non-hydrogen) atoms. The molecule has 0 N–H and O–H groups in total. The van der Waals surface area contributed by atoms with Crippen LogP contribution in [-0.2, 0) is 9.53 Å². The first-order valence-electron chi connectivity index (χ1n) is 7.87. The van der Waals surface area contributed by atoms with Crippen LogP contribution in [0.2, 0.25) is 0 Å². The van der Waals surface area contributed by atoms with Gasteiger partial charge in [0.2, 0.25) is 5.91 Å². The molecular weight excluding hydrogens is 266 g/mol. The first-order chi connectivity index (χ1) is 10.3. The van der Waals surface area contributed by atoms with Crippen LogP contribution in [0.3, 0.4) is 0 Å². The van der Waals surface area contributed by atoms with Crippen LogP contribution in [0, 0.1) is 11.8 Å². The van der Waals surface area contributed by atoms with Crippen LogP contribution in [0.25, 0.3) is 0 Å². The van der Waals surface area contributed by atoms with Gasteiger partial charge >= 0.3 is 0 Å². The van der Waals surface area contributed by atoms with Crippen molar-refractivity contribution in [3.63, 3.8) is 0 Å². The summed E-state index contributed by atoms with van der Waals surface area (Å²) in [6.07, 6.45) is 2.95. The lowest BCUT2D eigenvalue weighted by Crippen LogP contribution is -2.42. The van der Waals surface area contributed by atoms with E-state index in [0.29, 0.717) is 12.5 Å². The lowest BCUT2D eigenvalue weighted by atomic mass is 9.96. The zero-order valence-electron chi connectivity index (χ0n) is 12.4. The van der Waals surface area contributed by atoms with Crippen molar-refractivity contribution in [1.82, 2.24) is 4.90 Å². The Morgan fingerprint density at radius 3 is 2.62 bits per heavy atom. The smallest absolute Gasteiger partial charge is 0.228 e. The van der Waals surface area contributed by atoms with Crippen molar-refractivity contribution in [2.45, 2.75) is 19.3 Å². The van der Waals surface area contributed by atoms with E-state index in [0.717, 1.165) is 51.3 Å². The second-order valence-electron chi connectivity index (χ2n) is 5.95. The van der Waals surface area contributed by atoms with Crippen molar-refractivity contribution >= 4 is 5.91 Å². The summed E-state index contributed by atoms with van der Waals surface area (Å²) in [5.74, 6) is 1.87. The molecule has 0 bridgehead atoms. The zero-order chi connectivity index (χ0) is 14.5. The Labute approximate surface area is 126 Å². The molecule has 2 aliphatic heterocycles. The second kappa shape index (κ2) is 6.94. The summed E-state index contributed by atoms with van der Waals surface area (Å²) in [4.78, 5) is 14.3. The topological polar surface area (TPSA) is 38.8 Å². The van der Waals surface area contributed by atoms with Gasteiger partial charge < -0.3 is 14.4 Å². The molecule has 114 valence electrons. The van der Waals surface area contributed by atoms with E-state index >= 15 is 0 Å². The third-order valence-corrected chi connectivity index (χ3v) is 4.43. The number of piperidine rings is 1. The molecule has 0 aromatic heterocycles. The summed E-state index contributed by atoms with van der Waals surface area (Å²) in [5, 5.41) is 0. The molecule has 1 unspecified atom stereocenters. The Morgan fingerprint density at radius 1 is 1.19 bits per heavy atom. The van der Waals surface area contributed by atoms with Gasteiger partial charge in [-0.25, -0.2) is 0 Å². The molecule has 2 saturated heterocycles. The number of hydrogen-bond acceptors (Lipinski definition) is 3. The number of para-hydroxylation sites is 1. The summed E-state index contributed by atoms with van der Waals surface area (Å²) >= 11 is 0. The summed E-state index contributed by atoms with van der Waals surface area (Å²) in [5.41, 5.74) is 0. The maximum atomic E-state index is 12.3. The molecule has 4 heteroatoms. The van der Waals surface area contributed by atoms with Gasteiger partial charge in [-0.15, -0.1) is 0 Å². The van der Waals surface area contributed by atoms with Crippen LogP contribution in [0.15, 0.2) is 30.3 Å². The molecule has 4 nitrogen and oxygen atoms in total. The molecule has 2 fully saturated rings. The van der Waals surface area contributed by atoms with Crippen LogP contribution < -0.4 is 4.74 Å². The predicted molar refractivity (Wildman–Crippen MR) is 80.2 cm³/mol. The number of carbonyl (C=O) groups excluding carboxylic acids is 1. The van der Waals surface area contributed by atoms with E-state index in [1.807, 2.05) is 35.2 Å². The minimum atomic E-state index is 0.0992. The average Bonchev–Trinajstić information content (AvgIpc) is 3.08. The highest BCUT2D eigenvalue weighted by Gasteiger charge is 2.30. The van der Waals surface area contributed by atoms with E-state index in [1.54, 1.807) is 0 Å². The Balaban J connectivity index is 1.41. The maximum Gasteiger partial charge on any atom is 0.228 e. The highest BCUT2D eigenvalue weighted by atomic mass is 16.5. The van der Waals surface area contributed by atoms with Gasteiger partial charge in [0.15, 0.2) is 0 Å². The van der Waals surface area contributed by atoms with Crippen LogP contribution in [-0.4, -0.2) is 43.7 Å². The highest BCUT2D eigenvalue weighted by molar-refractivity contribution is 5.79. The van der Waals surface area contributed by atoms with Crippen molar-refractivity contribution in [3.8, 4) is 5.75 Å². The fourth-order valence-electron chi connectivity index (χ4n) is 3.04. The number of benzene rings is 1. The minimum Gasteiger partial charge on any atom is -0.493 e. The fraction of sp³-hybridized carbons (Fsp3) is 0.588. The third kappa shape index (κ3) is 3.76. The number of amides is 1. The molecular formula is C17H23NO3. The zero-order valence-corrected chi connectivity index (χ0v) is 12.4. The Hall–Kier alpha value is -1.55. The number of hydrogen-bond donors (Lipinski definition) is 0.